The van der Waals surface area contributed by atoms with Crippen molar-refractivity contribution in [2.45, 2.75) is 33.3 Å². The maximum atomic E-state index is 10.7. The first kappa shape index (κ1) is 10.4. The van der Waals surface area contributed by atoms with Crippen molar-refractivity contribution in [3.05, 3.63) is 0 Å². The Balaban J connectivity index is 3.87. The molecule has 0 aromatic rings. The van der Waals surface area contributed by atoms with E-state index in [9.17, 15) is 9.90 Å². The first-order chi connectivity index (χ1) is 4.87. The van der Waals surface area contributed by atoms with Gasteiger partial charge in [0.15, 0.2) is 6.10 Å². The van der Waals surface area contributed by atoms with Crippen LogP contribution in [0.5, 0.6) is 0 Å². The van der Waals surface area contributed by atoms with E-state index in [1.807, 2.05) is 20.8 Å². The Labute approximate surface area is 67.4 Å². The molecule has 3 nitrogen and oxygen atoms in total. The third-order valence-electron chi connectivity index (χ3n) is 1.28. The molecule has 0 radical (unpaired) electrons. The molecule has 0 bridgehead atoms. The summed E-state index contributed by atoms with van der Waals surface area (Å²) in [5, 5.41) is 9.18. The summed E-state index contributed by atoms with van der Waals surface area (Å²) in [7, 11) is 1.27. The molecule has 0 rings (SSSR count). The van der Waals surface area contributed by atoms with Crippen molar-refractivity contribution in [2.75, 3.05) is 7.11 Å². The highest BCUT2D eigenvalue weighted by Gasteiger charge is 2.22. The zero-order valence-corrected chi connectivity index (χ0v) is 7.55. The maximum absolute atomic E-state index is 10.7. The molecular weight excluding hydrogens is 144 g/mol. The van der Waals surface area contributed by atoms with Crippen LogP contribution in [0.25, 0.3) is 0 Å². The number of esters is 1. The summed E-state index contributed by atoms with van der Waals surface area (Å²) in [4.78, 5) is 10.7. The fraction of sp³-hybridized carbons (Fsp3) is 0.875. The Hall–Kier alpha value is -0.570. The van der Waals surface area contributed by atoms with E-state index >= 15 is 0 Å². The van der Waals surface area contributed by atoms with Crippen molar-refractivity contribution >= 4 is 5.97 Å². The van der Waals surface area contributed by atoms with Crippen LogP contribution in [0.3, 0.4) is 0 Å². The lowest BCUT2D eigenvalue weighted by Gasteiger charge is -2.20. The smallest absolute Gasteiger partial charge is 0.334 e. The Morgan fingerprint density at radius 3 is 2.27 bits per heavy atom. The molecule has 0 amide bonds. The van der Waals surface area contributed by atoms with Crippen molar-refractivity contribution in [3.8, 4) is 0 Å². The van der Waals surface area contributed by atoms with E-state index in [0.29, 0.717) is 6.42 Å². The van der Waals surface area contributed by atoms with Gasteiger partial charge in [-0.1, -0.05) is 20.8 Å². The monoisotopic (exact) mass is 160 g/mol. The van der Waals surface area contributed by atoms with E-state index in [1.165, 1.54) is 7.11 Å². The maximum Gasteiger partial charge on any atom is 0.334 e. The summed E-state index contributed by atoms with van der Waals surface area (Å²) in [5.74, 6) is -0.556. The fourth-order valence-corrected chi connectivity index (χ4v) is 0.799. The number of ether oxygens (including phenoxy) is 1. The Morgan fingerprint density at radius 1 is 1.55 bits per heavy atom. The Morgan fingerprint density at radius 2 is 2.00 bits per heavy atom. The number of hydrogen-bond donors (Lipinski definition) is 1. The molecule has 1 N–H and O–H groups in total. The highest BCUT2D eigenvalue weighted by Crippen LogP contribution is 2.20. The van der Waals surface area contributed by atoms with Gasteiger partial charge in [0.25, 0.3) is 0 Å². The standard InChI is InChI=1S/C8H16O3/c1-8(2,3)5-6(9)7(10)11-4/h6,9H,5H2,1-4H3. The number of hydrogen-bond acceptors (Lipinski definition) is 3. The molecule has 1 atom stereocenters. The molecule has 0 aromatic heterocycles. The van der Waals surface area contributed by atoms with Gasteiger partial charge in [-0.15, -0.1) is 0 Å². The topological polar surface area (TPSA) is 46.5 Å². The van der Waals surface area contributed by atoms with E-state index in [2.05, 4.69) is 4.74 Å². The molecular formula is C8H16O3. The number of carbonyl (C=O) groups is 1. The summed E-state index contributed by atoms with van der Waals surface area (Å²) >= 11 is 0. The summed E-state index contributed by atoms with van der Waals surface area (Å²) in [6.45, 7) is 5.87. The Bertz CT molecular complexity index is 135. The van der Waals surface area contributed by atoms with Gasteiger partial charge >= 0.3 is 5.97 Å². The van der Waals surface area contributed by atoms with Gasteiger partial charge in [0.2, 0.25) is 0 Å². The highest BCUT2D eigenvalue weighted by molar-refractivity contribution is 5.74. The van der Waals surface area contributed by atoms with Crippen LogP contribution in [0.4, 0.5) is 0 Å². The molecule has 0 aliphatic carbocycles. The first-order valence-corrected chi connectivity index (χ1v) is 3.63. The average molecular weight is 160 g/mol. The van der Waals surface area contributed by atoms with Crippen LogP contribution >= 0.6 is 0 Å². The second-order valence-electron chi connectivity index (χ2n) is 3.80. The predicted octanol–water partition coefficient (Wildman–Crippen LogP) is 0.956. The molecule has 0 aromatic carbocycles. The van der Waals surface area contributed by atoms with Gasteiger partial charge in [-0.2, -0.15) is 0 Å². The van der Waals surface area contributed by atoms with E-state index in [1.54, 1.807) is 0 Å². The van der Waals surface area contributed by atoms with Gasteiger partial charge in [-0.25, -0.2) is 4.79 Å². The lowest BCUT2D eigenvalue weighted by molar-refractivity contribution is -0.151. The summed E-state index contributed by atoms with van der Waals surface area (Å²) in [5.41, 5.74) is -0.0480. The fourth-order valence-electron chi connectivity index (χ4n) is 0.799. The minimum absolute atomic E-state index is 0.0480. The van der Waals surface area contributed by atoms with Gasteiger partial charge < -0.3 is 9.84 Å². The zero-order chi connectivity index (χ0) is 9.07. The molecule has 0 fully saturated rings. The van der Waals surface area contributed by atoms with Crippen molar-refractivity contribution in [1.29, 1.82) is 0 Å². The molecule has 1 unspecified atom stereocenters. The number of rotatable bonds is 2. The van der Waals surface area contributed by atoms with E-state index in [0.717, 1.165) is 0 Å². The summed E-state index contributed by atoms with van der Waals surface area (Å²) in [6, 6.07) is 0. The van der Waals surface area contributed by atoms with Gasteiger partial charge in [0.05, 0.1) is 7.11 Å². The quantitative estimate of drug-likeness (QED) is 0.612. The molecule has 0 aliphatic rings. The van der Waals surface area contributed by atoms with E-state index in [4.69, 9.17) is 0 Å². The molecule has 0 aliphatic heterocycles. The van der Waals surface area contributed by atoms with Crippen LogP contribution in [0.1, 0.15) is 27.2 Å². The average Bonchev–Trinajstić information content (AvgIpc) is 1.82. The van der Waals surface area contributed by atoms with Crippen LogP contribution in [0.15, 0.2) is 0 Å². The summed E-state index contributed by atoms with van der Waals surface area (Å²) in [6.07, 6.45) is -0.556. The van der Waals surface area contributed by atoms with Crippen LogP contribution < -0.4 is 0 Å². The molecule has 66 valence electrons. The molecule has 0 saturated carbocycles. The Kier molecular flexibility index (Phi) is 3.52. The second kappa shape index (κ2) is 3.72. The summed E-state index contributed by atoms with van der Waals surface area (Å²) < 4.78 is 4.37. The van der Waals surface area contributed by atoms with E-state index < -0.39 is 12.1 Å². The lowest BCUT2D eigenvalue weighted by atomic mass is 9.89. The van der Waals surface area contributed by atoms with Gasteiger partial charge in [0, 0.05) is 0 Å². The highest BCUT2D eigenvalue weighted by atomic mass is 16.5. The van der Waals surface area contributed by atoms with Gasteiger partial charge in [-0.3, -0.25) is 0 Å². The molecule has 0 saturated heterocycles. The van der Waals surface area contributed by atoms with Crippen molar-refractivity contribution in [1.82, 2.24) is 0 Å². The third kappa shape index (κ3) is 4.79. The molecule has 0 heterocycles. The molecule has 3 heteroatoms. The largest absolute Gasteiger partial charge is 0.467 e. The second-order valence-corrected chi connectivity index (χ2v) is 3.80. The van der Waals surface area contributed by atoms with E-state index in [-0.39, 0.29) is 5.41 Å². The molecule has 11 heavy (non-hydrogen) atoms. The van der Waals surface area contributed by atoms with Crippen LogP contribution in [-0.2, 0) is 9.53 Å². The number of aliphatic hydroxyl groups is 1. The number of aliphatic hydroxyl groups excluding tert-OH is 1. The molecule has 0 spiro atoms. The van der Waals surface area contributed by atoms with Crippen LogP contribution in [0.2, 0.25) is 0 Å². The minimum atomic E-state index is -0.986. The van der Waals surface area contributed by atoms with Gasteiger partial charge in [-0.05, 0) is 11.8 Å². The lowest BCUT2D eigenvalue weighted by Crippen LogP contribution is -2.26. The van der Waals surface area contributed by atoms with Crippen LogP contribution in [0, 0.1) is 5.41 Å². The third-order valence-corrected chi connectivity index (χ3v) is 1.28. The minimum Gasteiger partial charge on any atom is -0.467 e. The number of methoxy groups -OCH3 is 1. The van der Waals surface area contributed by atoms with Gasteiger partial charge in [0.1, 0.15) is 0 Å². The van der Waals surface area contributed by atoms with Crippen molar-refractivity contribution in [3.63, 3.8) is 0 Å². The predicted molar refractivity (Wildman–Crippen MR) is 42.1 cm³/mol. The van der Waals surface area contributed by atoms with Crippen molar-refractivity contribution < 1.29 is 14.6 Å². The normalized spacial score (nSPS) is 14.3. The zero-order valence-electron chi connectivity index (χ0n) is 7.55. The van der Waals surface area contributed by atoms with Crippen LogP contribution in [-0.4, -0.2) is 24.3 Å². The SMILES string of the molecule is COC(=O)C(O)CC(C)(C)C. The first-order valence-electron chi connectivity index (χ1n) is 3.63. The van der Waals surface area contributed by atoms with Crippen molar-refractivity contribution in [2.24, 2.45) is 5.41 Å². The number of carbonyl (C=O) groups excluding carboxylic acids is 1.